The third-order valence-electron chi connectivity index (χ3n) is 6.73. The molecule has 3 aliphatic heterocycles. The minimum Gasteiger partial charge on any atom is -0.466 e. The highest BCUT2D eigenvalue weighted by atomic mass is 79.9. The molecule has 31 heavy (non-hydrogen) atoms. The van der Waals surface area contributed by atoms with Gasteiger partial charge in [0.2, 0.25) is 11.8 Å². The Balaban J connectivity index is 1.86. The largest absolute Gasteiger partial charge is 0.466 e. The monoisotopic (exact) mass is 502 g/mol. The highest BCUT2D eigenvalue weighted by molar-refractivity contribution is 9.09. The van der Waals surface area contributed by atoms with Crippen molar-refractivity contribution < 1.29 is 29.0 Å². The summed E-state index contributed by atoms with van der Waals surface area (Å²) in [6.07, 6.45) is 5.08. The van der Waals surface area contributed by atoms with Crippen LogP contribution in [-0.4, -0.2) is 76.7 Å². The van der Waals surface area contributed by atoms with Crippen molar-refractivity contribution in [2.24, 2.45) is 11.8 Å². The Morgan fingerprint density at radius 1 is 1.26 bits per heavy atom. The number of carbonyl (C=O) groups is 3. The molecule has 0 aromatic carbocycles. The number of rotatable bonds is 12. The molecule has 0 aromatic rings. The van der Waals surface area contributed by atoms with Gasteiger partial charge in [0.05, 0.1) is 24.5 Å². The minimum absolute atomic E-state index is 0.100. The van der Waals surface area contributed by atoms with E-state index in [2.05, 4.69) is 28.2 Å². The van der Waals surface area contributed by atoms with Crippen LogP contribution < -0.4 is 5.32 Å². The fourth-order valence-corrected chi connectivity index (χ4v) is 6.38. The smallest absolute Gasteiger partial charge is 0.312 e. The van der Waals surface area contributed by atoms with Gasteiger partial charge in [-0.3, -0.25) is 14.4 Å². The van der Waals surface area contributed by atoms with E-state index in [-0.39, 0.29) is 29.9 Å². The number of ether oxygens (including phenoxy) is 2. The van der Waals surface area contributed by atoms with Crippen LogP contribution in [0.15, 0.2) is 0 Å². The molecule has 3 aliphatic rings. The maximum Gasteiger partial charge on any atom is 0.312 e. The predicted octanol–water partition coefficient (Wildman–Crippen LogP) is 1.77. The zero-order chi connectivity index (χ0) is 22.6. The van der Waals surface area contributed by atoms with Gasteiger partial charge in [0.15, 0.2) is 0 Å². The maximum absolute atomic E-state index is 13.5. The summed E-state index contributed by atoms with van der Waals surface area (Å²) in [5.74, 6) is -2.24. The number of hydrogen-bond acceptors (Lipinski definition) is 6. The molecule has 0 saturated carbocycles. The van der Waals surface area contributed by atoms with Gasteiger partial charge in [0.1, 0.15) is 11.6 Å². The van der Waals surface area contributed by atoms with E-state index in [0.29, 0.717) is 32.4 Å². The fraction of sp³-hybridized carbons (Fsp3) is 0.864. The Bertz CT molecular complexity index is 676. The summed E-state index contributed by atoms with van der Waals surface area (Å²) in [5.41, 5.74) is -1.01. The number of aliphatic hydroxyl groups is 1. The molecule has 3 saturated heterocycles. The summed E-state index contributed by atoms with van der Waals surface area (Å²) in [4.78, 5) is 41.1. The molecule has 0 aliphatic carbocycles. The van der Waals surface area contributed by atoms with E-state index in [1.165, 1.54) is 0 Å². The summed E-state index contributed by atoms with van der Waals surface area (Å²) >= 11 is 3.63. The van der Waals surface area contributed by atoms with Crippen LogP contribution >= 0.6 is 15.9 Å². The summed E-state index contributed by atoms with van der Waals surface area (Å²) in [5, 5.41) is 12.1. The first-order chi connectivity index (χ1) is 14.9. The van der Waals surface area contributed by atoms with Gasteiger partial charge in [-0.05, 0) is 39.0 Å². The molecule has 9 heteroatoms. The number of hydrogen-bond donors (Lipinski definition) is 2. The van der Waals surface area contributed by atoms with Crippen LogP contribution in [0.4, 0.5) is 0 Å². The molecule has 3 heterocycles. The molecule has 176 valence electrons. The average molecular weight is 503 g/mol. The topological polar surface area (TPSA) is 105 Å². The van der Waals surface area contributed by atoms with Crippen molar-refractivity contribution in [3.8, 4) is 0 Å². The second-order valence-corrected chi connectivity index (χ2v) is 9.91. The summed E-state index contributed by atoms with van der Waals surface area (Å²) < 4.78 is 11.6. The number of aliphatic hydroxyl groups excluding tert-OH is 1. The molecule has 2 N–H and O–H groups in total. The Hall–Kier alpha value is -1.19. The van der Waals surface area contributed by atoms with Crippen molar-refractivity contribution >= 4 is 33.7 Å². The molecule has 6 atom stereocenters. The second kappa shape index (κ2) is 10.6. The van der Waals surface area contributed by atoms with Crippen molar-refractivity contribution in [1.29, 1.82) is 0 Å². The van der Waals surface area contributed by atoms with Gasteiger partial charge in [-0.2, -0.15) is 0 Å². The van der Waals surface area contributed by atoms with Crippen LogP contribution in [0.3, 0.4) is 0 Å². The van der Waals surface area contributed by atoms with E-state index in [4.69, 9.17) is 14.6 Å². The molecule has 2 amide bonds. The number of nitrogens with zero attached hydrogens (tertiary/aromatic N) is 1. The molecule has 8 nitrogen and oxygen atoms in total. The SMILES string of the molecule is CCCCCNC(=O)C1N(CCCCCO)C(=O)[C@@H]2[C@@H](C(=O)OCC)[C@@H]3OC12CC3Br. The summed E-state index contributed by atoms with van der Waals surface area (Å²) in [6.45, 7) is 5.13. The Morgan fingerprint density at radius 3 is 2.71 bits per heavy atom. The van der Waals surface area contributed by atoms with Crippen LogP contribution in [-0.2, 0) is 23.9 Å². The number of halogens is 1. The zero-order valence-electron chi connectivity index (χ0n) is 18.5. The number of esters is 1. The molecule has 2 bridgehead atoms. The molecular weight excluding hydrogens is 468 g/mol. The van der Waals surface area contributed by atoms with Gasteiger partial charge >= 0.3 is 5.97 Å². The van der Waals surface area contributed by atoms with Crippen molar-refractivity contribution in [3.63, 3.8) is 0 Å². The Kier molecular flexibility index (Phi) is 8.37. The van der Waals surface area contributed by atoms with Gasteiger partial charge in [0, 0.05) is 24.5 Å². The quantitative estimate of drug-likeness (QED) is 0.239. The van der Waals surface area contributed by atoms with E-state index in [9.17, 15) is 14.4 Å². The summed E-state index contributed by atoms with van der Waals surface area (Å²) in [7, 11) is 0. The number of nitrogens with one attached hydrogen (secondary N) is 1. The second-order valence-electron chi connectivity index (χ2n) is 8.73. The third kappa shape index (κ3) is 4.50. The van der Waals surface area contributed by atoms with Crippen molar-refractivity contribution in [3.05, 3.63) is 0 Å². The van der Waals surface area contributed by atoms with Gasteiger partial charge < -0.3 is 24.8 Å². The van der Waals surface area contributed by atoms with Crippen LogP contribution in [0.25, 0.3) is 0 Å². The highest BCUT2D eigenvalue weighted by Gasteiger charge is 2.76. The highest BCUT2D eigenvalue weighted by Crippen LogP contribution is 2.60. The molecule has 1 spiro atoms. The fourth-order valence-electron chi connectivity index (χ4n) is 5.43. The van der Waals surface area contributed by atoms with E-state index in [1.807, 2.05) is 0 Å². The van der Waals surface area contributed by atoms with Crippen molar-refractivity contribution in [2.45, 2.75) is 81.4 Å². The normalized spacial score (nSPS) is 33.6. The van der Waals surface area contributed by atoms with Gasteiger partial charge in [-0.15, -0.1) is 0 Å². The minimum atomic E-state index is -1.01. The first kappa shape index (κ1) is 24.5. The molecule has 0 aromatic heterocycles. The van der Waals surface area contributed by atoms with Gasteiger partial charge in [0.25, 0.3) is 0 Å². The molecular formula is C22H35BrN2O6. The van der Waals surface area contributed by atoms with Crippen LogP contribution in [0.2, 0.25) is 0 Å². The first-order valence-corrected chi connectivity index (χ1v) is 12.5. The predicted molar refractivity (Wildman–Crippen MR) is 118 cm³/mol. The lowest BCUT2D eigenvalue weighted by molar-refractivity contribution is -0.154. The van der Waals surface area contributed by atoms with E-state index >= 15 is 0 Å². The lowest BCUT2D eigenvalue weighted by Gasteiger charge is -2.34. The van der Waals surface area contributed by atoms with Crippen LogP contribution in [0, 0.1) is 11.8 Å². The standard InChI is InChI=1S/C22H35BrN2O6/c1-3-5-7-10-24-19(27)18-22-13-14(23)17(31-22)15(21(29)30-4-2)16(22)20(28)25(18)11-8-6-9-12-26/h14-18,26H,3-13H2,1-2H3,(H,24,27)/t14?,15-,16+,17-,18?,22?/m1/s1. The first-order valence-electron chi connectivity index (χ1n) is 11.6. The molecule has 3 fully saturated rings. The van der Waals surface area contributed by atoms with Gasteiger partial charge in [-0.25, -0.2) is 0 Å². The number of fused-ring (bicyclic) bond motifs is 1. The number of likely N-dealkylation sites (tertiary alicyclic amines) is 1. The van der Waals surface area contributed by atoms with Crippen LogP contribution in [0.1, 0.15) is 58.8 Å². The van der Waals surface area contributed by atoms with E-state index in [1.54, 1.807) is 11.8 Å². The van der Waals surface area contributed by atoms with E-state index in [0.717, 1.165) is 25.7 Å². The number of carbonyl (C=O) groups excluding carboxylic acids is 3. The lowest BCUT2D eigenvalue weighted by Crippen LogP contribution is -2.56. The number of alkyl halides is 1. The van der Waals surface area contributed by atoms with Crippen molar-refractivity contribution in [2.75, 3.05) is 26.3 Å². The van der Waals surface area contributed by atoms with Crippen molar-refractivity contribution in [1.82, 2.24) is 10.2 Å². The molecule has 3 rings (SSSR count). The molecule has 3 unspecified atom stereocenters. The number of amides is 2. The van der Waals surface area contributed by atoms with E-state index < -0.39 is 35.6 Å². The van der Waals surface area contributed by atoms with Gasteiger partial charge in [-0.1, -0.05) is 35.7 Å². The maximum atomic E-state index is 13.5. The Labute approximate surface area is 192 Å². The van der Waals surface area contributed by atoms with Crippen LogP contribution in [0.5, 0.6) is 0 Å². The molecule has 0 radical (unpaired) electrons. The number of unbranched alkanes of at least 4 members (excludes halogenated alkanes) is 4. The third-order valence-corrected chi connectivity index (χ3v) is 7.58. The average Bonchev–Trinajstić information content (AvgIpc) is 3.32. The zero-order valence-corrected chi connectivity index (χ0v) is 20.1. The lowest BCUT2D eigenvalue weighted by atomic mass is 9.70. The summed E-state index contributed by atoms with van der Waals surface area (Å²) in [6, 6.07) is -0.759. The Morgan fingerprint density at radius 2 is 2.03 bits per heavy atom.